The molecular weight excluding hydrogens is 244 g/mol. The van der Waals surface area contributed by atoms with Crippen molar-refractivity contribution in [3.05, 3.63) is 12.2 Å². The molecule has 0 aromatic carbocycles. The smallest absolute Gasteiger partial charge is 0.310 e. The first-order valence-electron chi connectivity index (χ1n) is 6.74. The molecule has 4 heteroatoms. The zero-order valence-corrected chi connectivity index (χ0v) is 10.6. The molecular formula is C15H16O4. The van der Waals surface area contributed by atoms with E-state index in [4.69, 9.17) is 9.47 Å². The number of rotatable bonds is 0. The Morgan fingerprint density at radius 1 is 0.895 bits per heavy atom. The van der Waals surface area contributed by atoms with E-state index in [1.165, 1.54) is 0 Å². The Morgan fingerprint density at radius 3 is 1.84 bits per heavy atom. The topological polar surface area (TPSA) is 52.6 Å². The van der Waals surface area contributed by atoms with Crippen LogP contribution in [0.1, 0.15) is 19.3 Å². The van der Waals surface area contributed by atoms with Crippen LogP contribution >= 0.6 is 0 Å². The number of carbonyl (C=O) groups is 2. The molecule has 0 aromatic heterocycles. The molecule has 3 aliphatic rings. The summed E-state index contributed by atoms with van der Waals surface area (Å²) in [5, 5.41) is 0. The lowest BCUT2D eigenvalue weighted by Gasteiger charge is -2.24. The third-order valence-electron chi connectivity index (χ3n) is 4.07. The van der Waals surface area contributed by atoms with Crippen molar-refractivity contribution in [3.8, 4) is 11.8 Å². The lowest BCUT2D eigenvalue weighted by molar-refractivity contribution is -0.161. The molecule has 3 rings (SSSR count). The number of esters is 2. The van der Waals surface area contributed by atoms with Crippen molar-refractivity contribution in [2.45, 2.75) is 19.3 Å². The number of hydrogen-bond donors (Lipinski definition) is 0. The Bertz CT molecular complexity index is 442. The second-order valence-electron chi connectivity index (χ2n) is 5.19. The van der Waals surface area contributed by atoms with E-state index in [-0.39, 0.29) is 35.6 Å². The van der Waals surface area contributed by atoms with Gasteiger partial charge in [-0.25, -0.2) is 0 Å². The Balaban J connectivity index is 1.82. The van der Waals surface area contributed by atoms with Crippen molar-refractivity contribution < 1.29 is 19.1 Å². The first-order valence-corrected chi connectivity index (χ1v) is 6.74. The average Bonchev–Trinajstić information content (AvgIpc) is 3.00. The highest BCUT2D eigenvalue weighted by Gasteiger charge is 2.53. The first kappa shape index (κ1) is 12.3. The Labute approximate surface area is 112 Å². The molecule has 1 fully saturated rings. The normalized spacial score (nSPS) is 37.3. The van der Waals surface area contributed by atoms with Gasteiger partial charge < -0.3 is 9.47 Å². The molecule has 0 unspecified atom stereocenters. The highest BCUT2D eigenvalue weighted by atomic mass is 16.5. The Hall–Kier alpha value is -1.76. The summed E-state index contributed by atoms with van der Waals surface area (Å²) >= 11 is 0. The van der Waals surface area contributed by atoms with Crippen LogP contribution in [-0.2, 0) is 19.1 Å². The van der Waals surface area contributed by atoms with Gasteiger partial charge in [0.05, 0.1) is 11.8 Å². The molecule has 4 atom stereocenters. The largest absolute Gasteiger partial charge is 0.464 e. The molecule has 2 bridgehead atoms. The maximum absolute atomic E-state index is 12.1. The minimum Gasteiger partial charge on any atom is -0.464 e. The minimum atomic E-state index is -0.366. The van der Waals surface area contributed by atoms with Crippen molar-refractivity contribution in [1.82, 2.24) is 0 Å². The summed E-state index contributed by atoms with van der Waals surface area (Å²) in [5.74, 6) is 4.77. The van der Waals surface area contributed by atoms with E-state index in [2.05, 4.69) is 11.8 Å². The number of hydrogen-bond acceptors (Lipinski definition) is 4. The van der Waals surface area contributed by atoms with Crippen LogP contribution in [0.25, 0.3) is 0 Å². The van der Waals surface area contributed by atoms with Crippen LogP contribution in [0.2, 0.25) is 0 Å². The summed E-state index contributed by atoms with van der Waals surface area (Å²) in [6.45, 7) is 0.621. The van der Waals surface area contributed by atoms with E-state index < -0.39 is 0 Å². The standard InChI is InChI=1S/C15H16O4/c16-14-12-10-5-6-11(9-10)13(12)15(17)19-8-4-2-1-3-7-18-14/h5-6,10-13H,3-4,7-9H2/t10-,11+,12-,13+. The lowest BCUT2D eigenvalue weighted by atomic mass is 9.83. The zero-order valence-electron chi connectivity index (χ0n) is 10.6. The molecule has 1 heterocycles. The van der Waals surface area contributed by atoms with Crippen LogP contribution in [0.15, 0.2) is 12.2 Å². The Morgan fingerprint density at radius 2 is 1.37 bits per heavy atom. The van der Waals surface area contributed by atoms with Crippen LogP contribution in [0.5, 0.6) is 0 Å². The number of cyclic esters (lactones) is 2. The van der Waals surface area contributed by atoms with Gasteiger partial charge in [-0.3, -0.25) is 9.59 Å². The van der Waals surface area contributed by atoms with Gasteiger partial charge in [0.25, 0.3) is 0 Å². The minimum absolute atomic E-state index is 0.129. The number of ether oxygens (including phenoxy) is 2. The number of fused-ring (bicyclic) bond motifs is 5. The van der Waals surface area contributed by atoms with Crippen LogP contribution in [-0.4, -0.2) is 25.2 Å². The van der Waals surface area contributed by atoms with Gasteiger partial charge in [-0.2, -0.15) is 0 Å². The lowest BCUT2D eigenvalue weighted by Crippen LogP contribution is -2.35. The number of carbonyl (C=O) groups excluding carboxylic acids is 2. The highest BCUT2D eigenvalue weighted by molar-refractivity contribution is 5.84. The second-order valence-corrected chi connectivity index (χ2v) is 5.19. The van der Waals surface area contributed by atoms with E-state index in [0.717, 1.165) is 6.42 Å². The maximum Gasteiger partial charge on any atom is 0.310 e. The average molecular weight is 260 g/mol. The van der Waals surface area contributed by atoms with E-state index >= 15 is 0 Å². The van der Waals surface area contributed by atoms with Crippen LogP contribution in [0.4, 0.5) is 0 Å². The van der Waals surface area contributed by atoms with E-state index in [1.54, 1.807) is 0 Å². The van der Waals surface area contributed by atoms with Gasteiger partial charge in [0.15, 0.2) is 0 Å². The molecule has 0 radical (unpaired) electrons. The Kier molecular flexibility index (Phi) is 3.29. The summed E-state index contributed by atoms with van der Waals surface area (Å²) in [7, 11) is 0. The van der Waals surface area contributed by atoms with Crippen molar-refractivity contribution in [3.63, 3.8) is 0 Å². The van der Waals surface area contributed by atoms with Crippen LogP contribution in [0.3, 0.4) is 0 Å². The van der Waals surface area contributed by atoms with Gasteiger partial charge in [0.1, 0.15) is 13.2 Å². The quantitative estimate of drug-likeness (QED) is 0.374. The predicted octanol–water partition coefficient (Wildman–Crippen LogP) is 1.31. The van der Waals surface area contributed by atoms with Crippen LogP contribution < -0.4 is 0 Å². The highest BCUT2D eigenvalue weighted by Crippen LogP contribution is 2.49. The van der Waals surface area contributed by atoms with Crippen molar-refractivity contribution in [2.24, 2.45) is 23.7 Å². The van der Waals surface area contributed by atoms with E-state index in [1.807, 2.05) is 12.2 Å². The van der Waals surface area contributed by atoms with Gasteiger partial charge in [0.2, 0.25) is 0 Å². The number of allylic oxidation sites excluding steroid dienone is 2. The molecule has 0 N–H and O–H groups in total. The van der Waals surface area contributed by atoms with Crippen LogP contribution in [0, 0.1) is 35.5 Å². The molecule has 2 aliphatic carbocycles. The third-order valence-corrected chi connectivity index (χ3v) is 4.07. The summed E-state index contributed by atoms with van der Waals surface area (Å²) in [5.41, 5.74) is 0. The zero-order chi connectivity index (χ0) is 13.2. The summed E-state index contributed by atoms with van der Waals surface area (Å²) in [4.78, 5) is 24.3. The molecule has 4 nitrogen and oxygen atoms in total. The second kappa shape index (κ2) is 5.08. The van der Waals surface area contributed by atoms with Gasteiger partial charge in [-0.15, -0.1) is 0 Å². The fraction of sp³-hybridized carbons (Fsp3) is 0.600. The molecule has 100 valence electrons. The fourth-order valence-electron chi connectivity index (χ4n) is 3.24. The van der Waals surface area contributed by atoms with Gasteiger partial charge in [0, 0.05) is 12.8 Å². The molecule has 0 aromatic rings. The molecule has 0 amide bonds. The fourth-order valence-corrected chi connectivity index (χ4v) is 3.24. The molecule has 0 spiro atoms. The molecule has 1 aliphatic heterocycles. The summed E-state index contributed by atoms with van der Waals surface area (Å²) in [6.07, 6.45) is 6.01. The SMILES string of the molecule is O=C1OCCC#CCCOC(=O)[C@H]2[C@@H]1[C@H]1C=C[C@@H]2C1. The van der Waals surface area contributed by atoms with Gasteiger partial charge >= 0.3 is 11.9 Å². The van der Waals surface area contributed by atoms with Gasteiger partial charge in [-0.1, -0.05) is 24.0 Å². The van der Waals surface area contributed by atoms with Crippen molar-refractivity contribution in [2.75, 3.05) is 13.2 Å². The monoisotopic (exact) mass is 260 g/mol. The van der Waals surface area contributed by atoms with E-state index in [9.17, 15) is 9.59 Å². The van der Waals surface area contributed by atoms with E-state index in [0.29, 0.717) is 26.1 Å². The molecule has 0 saturated heterocycles. The van der Waals surface area contributed by atoms with Crippen molar-refractivity contribution >= 4 is 11.9 Å². The molecule has 19 heavy (non-hydrogen) atoms. The van der Waals surface area contributed by atoms with Gasteiger partial charge in [-0.05, 0) is 18.3 Å². The van der Waals surface area contributed by atoms with Crippen molar-refractivity contribution in [1.29, 1.82) is 0 Å². The maximum atomic E-state index is 12.1. The summed E-state index contributed by atoms with van der Waals surface area (Å²) < 4.78 is 10.5. The summed E-state index contributed by atoms with van der Waals surface area (Å²) in [6, 6.07) is 0. The third kappa shape index (κ3) is 2.25. The first-order chi connectivity index (χ1) is 9.27. The molecule has 1 saturated carbocycles. The predicted molar refractivity (Wildman–Crippen MR) is 66.6 cm³/mol.